The average molecular weight is 415 g/mol. The van der Waals surface area contributed by atoms with Crippen LogP contribution < -0.4 is 5.32 Å². The minimum Gasteiger partial charge on any atom is -0.390 e. The summed E-state index contributed by atoms with van der Waals surface area (Å²) in [5.41, 5.74) is 1.76. The van der Waals surface area contributed by atoms with Crippen molar-refractivity contribution in [3.63, 3.8) is 0 Å². The predicted molar refractivity (Wildman–Crippen MR) is 118 cm³/mol. The van der Waals surface area contributed by atoms with Gasteiger partial charge in [-0.2, -0.15) is 0 Å². The maximum absolute atomic E-state index is 13.2. The predicted octanol–water partition coefficient (Wildman–Crippen LogP) is 3.34. The van der Waals surface area contributed by atoms with E-state index in [1.807, 2.05) is 0 Å². The third-order valence-electron chi connectivity index (χ3n) is 7.72. The quantitative estimate of drug-likeness (QED) is 0.624. The van der Waals surface area contributed by atoms with Crippen LogP contribution in [0.4, 0.5) is 0 Å². The Bertz CT molecular complexity index is 718. The van der Waals surface area contributed by atoms with Crippen molar-refractivity contribution >= 4 is 5.91 Å². The molecule has 3 N–H and O–H groups in total. The van der Waals surface area contributed by atoms with E-state index in [1.165, 1.54) is 43.2 Å². The topological polar surface area (TPSA) is 72.8 Å². The number of benzene rings is 1. The number of amides is 1. The fourth-order valence-corrected chi connectivity index (χ4v) is 5.93. The molecule has 0 radical (unpaired) electrons. The van der Waals surface area contributed by atoms with Gasteiger partial charge in [0.15, 0.2) is 0 Å². The lowest BCUT2D eigenvalue weighted by Gasteiger charge is -2.43. The number of aliphatic hydroxyl groups excluding tert-OH is 1. The molecule has 0 bridgehead atoms. The van der Waals surface area contributed by atoms with Gasteiger partial charge in [0.2, 0.25) is 5.91 Å². The highest BCUT2D eigenvalue weighted by Gasteiger charge is 2.38. The SMILES string of the molecule is O=C(CNCC[C@]1(O)CCCC[C@H]1O)N1CCc2ccccc2C1C1CCCCC1. The lowest BCUT2D eigenvalue weighted by atomic mass is 9.77. The van der Waals surface area contributed by atoms with Crippen LogP contribution in [0.3, 0.4) is 0 Å². The highest BCUT2D eigenvalue weighted by Crippen LogP contribution is 2.42. The molecule has 3 aliphatic rings. The van der Waals surface area contributed by atoms with Gasteiger partial charge in [-0.05, 0) is 62.1 Å². The number of fused-ring (bicyclic) bond motifs is 1. The van der Waals surface area contributed by atoms with E-state index in [4.69, 9.17) is 0 Å². The number of hydrogen-bond donors (Lipinski definition) is 3. The number of rotatable bonds is 6. The Morgan fingerprint density at radius 3 is 2.67 bits per heavy atom. The molecule has 1 unspecified atom stereocenters. The standard InChI is InChI=1S/C25H38N2O3/c28-22-12-6-7-14-25(22,30)15-16-26-18-23(29)27-17-13-19-8-4-5-11-21(19)24(27)20-9-2-1-3-10-20/h4-5,8,11,20,22,24,26,28,30H,1-3,6-7,9-10,12-18H2/t22-,24?,25-/m1/s1. The van der Waals surface area contributed by atoms with Crippen LogP contribution in [0.15, 0.2) is 24.3 Å². The number of nitrogens with one attached hydrogen (secondary N) is 1. The molecule has 5 nitrogen and oxygen atoms in total. The molecule has 0 spiro atoms. The number of aliphatic hydroxyl groups is 2. The lowest BCUT2D eigenvalue weighted by Crippen LogP contribution is -2.49. The zero-order valence-electron chi connectivity index (χ0n) is 18.2. The van der Waals surface area contributed by atoms with Crippen molar-refractivity contribution in [3.05, 3.63) is 35.4 Å². The van der Waals surface area contributed by atoms with Crippen molar-refractivity contribution in [2.24, 2.45) is 5.92 Å². The Kier molecular flexibility index (Phi) is 7.12. The van der Waals surface area contributed by atoms with Gasteiger partial charge in [-0.25, -0.2) is 0 Å². The molecule has 4 rings (SSSR count). The molecule has 1 amide bonds. The van der Waals surface area contributed by atoms with E-state index in [1.54, 1.807) is 0 Å². The van der Waals surface area contributed by atoms with Gasteiger partial charge in [-0.3, -0.25) is 4.79 Å². The first-order valence-corrected chi connectivity index (χ1v) is 12.1. The van der Waals surface area contributed by atoms with Crippen molar-refractivity contribution in [1.82, 2.24) is 10.2 Å². The fraction of sp³-hybridized carbons (Fsp3) is 0.720. The van der Waals surface area contributed by atoms with Gasteiger partial charge in [-0.15, -0.1) is 0 Å². The highest BCUT2D eigenvalue weighted by atomic mass is 16.3. The molecule has 0 saturated heterocycles. The first kappa shape index (κ1) is 21.8. The molecular formula is C25H38N2O3. The Balaban J connectivity index is 1.37. The maximum Gasteiger partial charge on any atom is 0.237 e. The number of carbonyl (C=O) groups is 1. The van der Waals surface area contributed by atoms with Crippen molar-refractivity contribution < 1.29 is 15.0 Å². The Morgan fingerprint density at radius 2 is 1.87 bits per heavy atom. The molecule has 2 aliphatic carbocycles. The summed E-state index contributed by atoms with van der Waals surface area (Å²) in [6.07, 6.45) is 10.3. The van der Waals surface area contributed by atoms with Gasteiger partial charge in [-0.1, -0.05) is 56.4 Å². The number of hydrogen-bond acceptors (Lipinski definition) is 4. The van der Waals surface area contributed by atoms with Gasteiger partial charge in [0.05, 0.1) is 24.3 Å². The van der Waals surface area contributed by atoms with Crippen molar-refractivity contribution in [1.29, 1.82) is 0 Å². The molecule has 3 atom stereocenters. The van der Waals surface area contributed by atoms with Gasteiger partial charge in [0.1, 0.15) is 0 Å². The van der Waals surface area contributed by atoms with Crippen molar-refractivity contribution in [2.75, 3.05) is 19.6 Å². The average Bonchev–Trinajstić information content (AvgIpc) is 2.78. The molecule has 2 saturated carbocycles. The first-order chi connectivity index (χ1) is 14.6. The van der Waals surface area contributed by atoms with Crippen LogP contribution >= 0.6 is 0 Å². The van der Waals surface area contributed by atoms with Crippen LogP contribution in [0.2, 0.25) is 0 Å². The zero-order valence-corrected chi connectivity index (χ0v) is 18.2. The smallest absolute Gasteiger partial charge is 0.237 e. The third-order valence-corrected chi connectivity index (χ3v) is 7.72. The molecule has 30 heavy (non-hydrogen) atoms. The summed E-state index contributed by atoms with van der Waals surface area (Å²) < 4.78 is 0. The van der Waals surface area contributed by atoms with Gasteiger partial charge in [0, 0.05) is 6.54 Å². The second-order valence-corrected chi connectivity index (χ2v) is 9.67. The minimum atomic E-state index is -0.997. The van der Waals surface area contributed by atoms with E-state index in [2.05, 4.69) is 34.5 Å². The first-order valence-electron chi connectivity index (χ1n) is 12.1. The van der Waals surface area contributed by atoms with Crippen molar-refractivity contribution in [3.8, 4) is 0 Å². The molecular weight excluding hydrogens is 376 g/mol. The molecule has 2 fully saturated rings. The molecule has 1 aromatic carbocycles. The molecule has 1 aromatic rings. The van der Waals surface area contributed by atoms with E-state index in [9.17, 15) is 15.0 Å². The van der Waals surface area contributed by atoms with E-state index in [0.717, 1.165) is 25.8 Å². The summed E-state index contributed by atoms with van der Waals surface area (Å²) >= 11 is 0. The molecule has 0 aromatic heterocycles. The molecule has 1 heterocycles. The lowest BCUT2D eigenvalue weighted by molar-refractivity contribution is -0.135. The summed E-state index contributed by atoms with van der Waals surface area (Å²) in [6.45, 7) is 1.65. The summed E-state index contributed by atoms with van der Waals surface area (Å²) in [7, 11) is 0. The van der Waals surface area contributed by atoms with Crippen LogP contribution in [0.25, 0.3) is 0 Å². The second kappa shape index (κ2) is 9.80. The largest absolute Gasteiger partial charge is 0.390 e. The van der Waals surface area contributed by atoms with Crippen LogP contribution in [0, 0.1) is 5.92 Å². The molecule has 5 heteroatoms. The van der Waals surface area contributed by atoms with Gasteiger partial charge >= 0.3 is 0 Å². The van der Waals surface area contributed by atoms with Crippen LogP contribution in [-0.2, 0) is 11.2 Å². The van der Waals surface area contributed by atoms with Crippen molar-refractivity contribution in [2.45, 2.75) is 88.4 Å². The maximum atomic E-state index is 13.2. The second-order valence-electron chi connectivity index (χ2n) is 9.67. The summed E-state index contributed by atoms with van der Waals surface area (Å²) in [4.78, 5) is 15.3. The summed E-state index contributed by atoms with van der Waals surface area (Å²) in [5.74, 6) is 0.721. The fourth-order valence-electron chi connectivity index (χ4n) is 5.93. The van der Waals surface area contributed by atoms with Gasteiger partial charge < -0.3 is 20.4 Å². The van der Waals surface area contributed by atoms with E-state index >= 15 is 0 Å². The van der Waals surface area contributed by atoms with Gasteiger partial charge in [0.25, 0.3) is 0 Å². The van der Waals surface area contributed by atoms with Crippen LogP contribution in [-0.4, -0.2) is 52.4 Å². The number of nitrogens with zero attached hydrogens (tertiary/aromatic N) is 1. The van der Waals surface area contributed by atoms with E-state index in [0.29, 0.717) is 38.3 Å². The third kappa shape index (κ3) is 4.74. The van der Waals surface area contributed by atoms with E-state index in [-0.39, 0.29) is 11.9 Å². The minimum absolute atomic E-state index is 0.163. The Labute approximate surface area is 180 Å². The zero-order chi connectivity index (χ0) is 21.0. The monoisotopic (exact) mass is 414 g/mol. The highest BCUT2D eigenvalue weighted by molar-refractivity contribution is 5.79. The summed E-state index contributed by atoms with van der Waals surface area (Å²) in [5, 5.41) is 24.1. The van der Waals surface area contributed by atoms with Crippen LogP contribution in [0.5, 0.6) is 0 Å². The van der Waals surface area contributed by atoms with E-state index < -0.39 is 11.7 Å². The molecule has 1 aliphatic heterocycles. The van der Waals surface area contributed by atoms with Crippen LogP contribution in [0.1, 0.15) is 81.4 Å². The Hall–Kier alpha value is -1.43. The molecule has 166 valence electrons. The number of carbonyl (C=O) groups excluding carboxylic acids is 1. The normalized spacial score (nSPS) is 30.1. The Morgan fingerprint density at radius 1 is 1.10 bits per heavy atom. The summed E-state index contributed by atoms with van der Waals surface area (Å²) in [6, 6.07) is 8.87.